The Labute approximate surface area is 182 Å². The Balaban J connectivity index is 1.48. The molecule has 2 aromatic carbocycles. The summed E-state index contributed by atoms with van der Waals surface area (Å²) >= 11 is 2.24. The van der Waals surface area contributed by atoms with E-state index in [4.69, 9.17) is 4.74 Å². The van der Waals surface area contributed by atoms with Gasteiger partial charge in [0.05, 0.1) is 5.52 Å². The Hall–Kier alpha value is -2.78. The summed E-state index contributed by atoms with van der Waals surface area (Å²) in [6.45, 7) is 0.495. The van der Waals surface area contributed by atoms with Crippen LogP contribution in [0, 0.1) is 3.57 Å². The van der Waals surface area contributed by atoms with Crippen molar-refractivity contribution in [2.24, 2.45) is 0 Å². The van der Waals surface area contributed by atoms with Crippen molar-refractivity contribution in [3.05, 3.63) is 76.6 Å². The number of aromatic nitrogens is 3. The first kappa shape index (κ1) is 19.5. The van der Waals surface area contributed by atoms with E-state index in [-0.39, 0.29) is 6.61 Å². The van der Waals surface area contributed by atoms with Crippen LogP contribution in [0.15, 0.2) is 73.1 Å². The minimum atomic E-state index is -0.688. The van der Waals surface area contributed by atoms with Gasteiger partial charge in [-0.1, -0.05) is 12.1 Å². The lowest BCUT2D eigenvalue weighted by Gasteiger charge is -2.15. The quantitative estimate of drug-likeness (QED) is 0.373. The fourth-order valence-corrected chi connectivity index (χ4v) is 3.20. The van der Waals surface area contributed by atoms with Gasteiger partial charge in [0.15, 0.2) is 5.82 Å². The van der Waals surface area contributed by atoms with Crippen molar-refractivity contribution < 1.29 is 9.84 Å². The molecule has 0 amide bonds. The standard InChI is InChI=1S/C22H19IN4O2/c23-16-5-7-18(8-6-16)29-14-17(28)13-25-22-19-3-1-2-4-20(19)26-21(27-22)15-9-11-24-12-10-15/h1-12,17,28H,13-14H2,(H,25,26,27). The van der Waals surface area contributed by atoms with Gasteiger partial charge < -0.3 is 15.2 Å². The number of halogens is 1. The molecule has 0 saturated carbocycles. The van der Waals surface area contributed by atoms with Crippen molar-refractivity contribution in [3.8, 4) is 17.1 Å². The number of para-hydroxylation sites is 1. The number of nitrogens with zero attached hydrogens (tertiary/aromatic N) is 3. The summed E-state index contributed by atoms with van der Waals surface area (Å²) in [5.74, 6) is 2.02. The number of anilines is 1. The highest BCUT2D eigenvalue weighted by molar-refractivity contribution is 14.1. The van der Waals surface area contributed by atoms with Crippen molar-refractivity contribution in [2.45, 2.75) is 6.10 Å². The second-order valence-electron chi connectivity index (χ2n) is 6.45. The van der Waals surface area contributed by atoms with E-state index >= 15 is 0 Å². The summed E-state index contributed by atoms with van der Waals surface area (Å²) in [6, 6.07) is 19.3. The monoisotopic (exact) mass is 498 g/mol. The number of benzene rings is 2. The second kappa shape index (κ2) is 9.15. The summed E-state index contributed by atoms with van der Waals surface area (Å²) < 4.78 is 6.80. The lowest BCUT2D eigenvalue weighted by molar-refractivity contribution is 0.117. The van der Waals surface area contributed by atoms with Crippen LogP contribution in [-0.4, -0.2) is 39.3 Å². The van der Waals surface area contributed by atoms with Crippen LogP contribution < -0.4 is 10.1 Å². The number of ether oxygens (including phenoxy) is 1. The molecular weight excluding hydrogens is 479 g/mol. The number of aliphatic hydroxyl groups excluding tert-OH is 1. The lowest BCUT2D eigenvalue weighted by Crippen LogP contribution is -2.26. The van der Waals surface area contributed by atoms with E-state index in [9.17, 15) is 5.11 Å². The molecule has 1 atom stereocenters. The van der Waals surface area contributed by atoms with Gasteiger partial charge in [0.1, 0.15) is 24.3 Å². The van der Waals surface area contributed by atoms with Crippen LogP contribution in [-0.2, 0) is 0 Å². The first-order valence-electron chi connectivity index (χ1n) is 9.16. The molecule has 4 aromatic rings. The molecule has 4 rings (SSSR count). The molecule has 7 heteroatoms. The molecule has 0 aliphatic carbocycles. The van der Waals surface area contributed by atoms with Crippen molar-refractivity contribution in [1.82, 2.24) is 15.0 Å². The Morgan fingerprint density at radius 3 is 2.52 bits per heavy atom. The zero-order chi connectivity index (χ0) is 20.1. The number of rotatable bonds is 7. The molecule has 2 heterocycles. The average molecular weight is 498 g/mol. The van der Waals surface area contributed by atoms with Gasteiger partial charge in [-0.15, -0.1) is 0 Å². The Morgan fingerprint density at radius 2 is 1.72 bits per heavy atom. The van der Waals surface area contributed by atoms with Gasteiger partial charge in [0.2, 0.25) is 0 Å². The fraction of sp³-hybridized carbons (Fsp3) is 0.136. The minimum absolute atomic E-state index is 0.188. The van der Waals surface area contributed by atoms with Crippen LogP contribution in [0.5, 0.6) is 5.75 Å². The van der Waals surface area contributed by atoms with Gasteiger partial charge in [-0.3, -0.25) is 4.98 Å². The number of aliphatic hydroxyl groups is 1. The molecule has 2 aromatic heterocycles. The molecule has 2 N–H and O–H groups in total. The van der Waals surface area contributed by atoms with E-state index in [1.54, 1.807) is 12.4 Å². The van der Waals surface area contributed by atoms with Crippen LogP contribution in [0.3, 0.4) is 0 Å². The van der Waals surface area contributed by atoms with Gasteiger partial charge >= 0.3 is 0 Å². The number of pyridine rings is 1. The van der Waals surface area contributed by atoms with Crippen LogP contribution in [0.25, 0.3) is 22.3 Å². The van der Waals surface area contributed by atoms with Crippen molar-refractivity contribution in [2.75, 3.05) is 18.5 Å². The van der Waals surface area contributed by atoms with E-state index in [1.807, 2.05) is 60.7 Å². The first-order chi connectivity index (χ1) is 14.2. The minimum Gasteiger partial charge on any atom is -0.491 e. The summed E-state index contributed by atoms with van der Waals surface area (Å²) in [5, 5.41) is 14.5. The molecular formula is C22H19IN4O2. The van der Waals surface area contributed by atoms with E-state index in [1.165, 1.54) is 0 Å². The lowest BCUT2D eigenvalue weighted by atomic mass is 10.2. The van der Waals surface area contributed by atoms with E-state index in [0.717, 1.165) is 25.8 Å². The van der Waals surface area contributed by atoms with E-state index < -0.39 is 6.10 Å². The molecule has 0 saturated heterocycles. The topological polar surface area (TPSA) is 80.2 Å². The number of hydrogen-bond acceptors (Lipinski definition) is 6. The summed E-state index contributed by atoms with van der Waals surface area (Å²) in [6.07, 6.45) is 2.74. The Morgan fingerprint density at radius 1 is 0.966 bits per heavy atom. The fourth-order valence-electron chi connectivity index (χ4n) is 2.84. The summed E-state index contributed by atoms with van der Waals surface area (Å²) in [7, 11) is 0. The predicted molar refractivity (Wildman–Crippen MR) is 122 cm³/mol. The molecule has 29 heavy (non-hydrogen) atoms. The second-order valence-corrected chi connectivity index (χ2v) is 7.69. The highest BCUT2D eigenvalue weighted by Crippen LogP contribution is 2.24. The van der Waals surface area contributed by atoms with Crippen LogP contribution in [0.4, 0.5) is 5.82 Å². The third kappa shape index (κ3) is 4.99. The van der Waals surface area contributed by atoms with Gasteiger partial charge in [0, 0.05) is 33.5 Å². The largest absolute Gasteiger partial charge is 0.491 e. The molecule has 0 radical (unpaired) electrons. The third-order valence-electron chi connectivity index (χ3n) is 4.30. The summed E-state index contributed by atoms with van der Waals surface area (Å²) in [5.41, 5.74) is 1.72. The van der Waals surface area contributed by atoms with Gasteiger partial charge in [-0.05, 0) is 71.1 Å². The zero-order valence-electron chi connectivity index (χ0n) is 15.5. The molecule has 146 valence electrons. The van der Waals surface area contributed by atoms with Crippen LogP contribution >= 0.6 is 22.6 Å². The first-order valence-corrected chi connectivity index (χ1v) is 10.2. The van der Waals surface area contributed by atoms with Crippen molar-refractivity contribution in [3.63, 3.8) is 0 Å². The third-order valence-corrected chi connectivity index (χ3v) is 5.02. The van der Waals surface area contributed by atoms with Gasteiger partial charge in [0.25, 0.3) is 0 Å². The zero-order valence-corrected chi connectivity index (χ0v) is 17.7. The van der Waals surface area contributed by atoms with Crippen LogP contribution in [0.1, 0.15) is 0 Å². The molecule has 1 unspecified atom stereocenters. The van der Waals surface area contributed by atoms with Crippen LogP contribution in [0.2, 0.25) is 0 Å². The van der Waals surface area contributed by atoms with Gasteiger partial charge in [-0.25, -0.2) is 9.97 Å². The molecule has 0 bridgehead atoms. The van der Waals surface area contributed by atoms with Gasteiger partial charge in [-0.2, -0.15) is 0 Å². The van der Waals surface area contributed by atoms with E-state index in [2.05, 4.69) is 42.9 Å². The molecule has 0 spiro atoms. The Bertz CT molecular complexity index is 1090. The van der Waals surface area contributed by atoms with E-state index in [0.29, 0.717) is 18.2 Å². The molecule has 0 aliphatic heterocycles. The van der Waals surface area contributed by atoms with Crippen molar-refractivity contribution in [1.29, 1.82) is 0 Å². The number of nitrogens with one attached hydrogen (secondary N) is 1. The summed E-state index contributed by atoms with van der Waals surface area (Å²) in [4.78, 5) is 13.4. The maximum Gasteiger partial charge on any atom is 0.162 e. The predicted octanol–water partition coefficient (Wildman–Crippen LogP) is 4.15. The highest BCUT2D eigenvalue weighted by atomic mass is 127. The number of fused-ring (bicyclic) bond motifs is 1. The maximum atomic E-state index is 10.3. The average Bonchev–Trinajstić information content (AvgIpc) is 2.77. The van der Waals surface area contributed by atoms with Crippen molar-refractivity contribution >= 4 is 39.3 Å². The normalized spacial score (nSPS) is 11.9. The molecule has 0 fully saturated rings. The highest BCUT2D eigenvalue weighted by Gasteiger charge is 2.11. The SMILES string of the molecule is OC(CNc1nc(-c2ccncc2)nc2ccccc12)COc1ccc(I)cc1. The number of hydrogen-bond donors (Lipinski definition) is 2. The smallest absolute Gasteiger partial charge is 0.162 e. The molecule has 6 nitrogen and oxygen atoms in total. The molecule has 0 aliphatic rings. The Kier molecular flexibility index (Phi) is 6.16. The maximum absolute atomic E-state index is 10.3.